The summed E-state index contributed by atoms with van der Waals surface area (Å²) in [5.41, 5.74) is 0.164. The molecule has 1 fully saturated rings. The number of hydrogen-bond donors (Lipinski definition) is 0. The molecule has 0 bridgehead atoms. The maximum atomic E-state index is 14.3. The van der Waals surface area contributed by atoms with Crippen LogP contribution in [0.4, 0.5) is 5.69 Å². The van der Waals surface area contributed by atoms with Crippen LogP contribution in [-0.2, 0) is 14.3 Å². The van der Waals surface area contributed by atoms with E-state index in [9.17, 15) is 19.6 Å². The van der Waals surface area contributed by atoms with Crippen molar-refractivity contribution in [3.8, 4) is 11.8 Å². The zero-order valence-corrected chi connectivity index (χ0v) is 20.3. The number of anilines is 1. The molecule has 2 aliphatic heterocycles. The monoisotopic (exact) mass is 496 g/mol. The number of benzene rings is 2. The van der Waals surface area contributed by atoms with Crippen molar-refractivity contribution in [3.05, 3.63) is 89.9 Å². The summed E-state index contributed by atoms with van der Waals surface area (Å²) in [4.78, 5) is 41.0. The van der Waals surface area contributed by atoms with Crippen LogP contribution in [0.15, 0.2) is 77.4 Å². The van der Waals surface area contributed by atoms with E-state index in [0.29, 0.717) is 17.1 Å². The van der Waals surface area contributed by atoms with Crippen molar-refractivity contribution in [3.63, 3.8) is 0 Å². The second-order valence-electron chi connectivity index (χ2n) is 8.89. The van der Waals surface area contributed by atoms with Gasteiger partial charge in [-0.1, -0.05) is 30.4 Å². The van der Waals surface area contributed by atoms with Gasteiger partial charge in [-0.2, -0.15) is 5.26 Å². The van der Waals surface area contributed by atoms with Gasteiger partial charge < -0.3 is 18.8 Å². The van der Waals surface area contributed by atoms with Gasteiger partial charge in [-0.3, -0.25) is 14.4 Å². The van der Waals surface area contributed by atoms with Gasteiger partial charge in [-0.05, 0) is 55.0 Å². The van der Waals surface area contributed by atoms with Crippen LogP contribution in [0.5, 0.6) is 5.75 Å². The largest absolute Gasteiger partial charge is 0.469 e. The third-order valence-corrected chi connectivity index (χ3v) is 6.86. The van der Waals surface area contributed by atoms with Crippen molar-refractivity contribution in [1.29, 1.82) is 5.26 Å². The van der Waals surface area contributed by atoms with Gasteiger partial charge in [-0.25, -0.2) is 0 Å². The molecule has 0 spiro atoms. The summed E-state index contributed by atoms with van der Waals surface area (Å²) < 4.78 is 16.3. The lowest BCUT2D eigenvalue weighted by molar-refractivity contribution is -0.152. The number of furan rings is 1. The molecule has 37 heavy (non-hydrogen) atoms. The van der Waals surface area contributed by atoms with Crippen molar-refractivity contribution < 1.29 is 28.3 Å². The molecule has 0 radical (unpaired) electrons. The molecule has 3 heterocycles. The molecule has 3 aromatic rings. The van der Waals surface area contributed by atoms with Crippen LogP contribution in [0.25, 0.3) is 6.08 Å². The Balaban J connectivity index is 1.71. The number of rotatable bonds is 6. The molecule has 0 saturated carbocycles. The number of hydrogen-bond acceptors (Lipinski definition) is 8. The second-order valence-corrected chi connectivity index (χ2v) is 8.89. The number of esters is 2. The SMILES string of the molecule is CCOC(=O)[C@]1(C#N)[C@H](c2ccco2)[C@H](C(=O)c2ccc(OC(C)=O)cc2)N2c3ccccc3C=C[C@H]21. The van der Waals surface area contributed by atoms with E-state index < -0.39 is 35.4 Å². The number of ether oxygens (including phenoxy) is 2. The Bertz CT molecular complexity index is 1420. The van der Waals surface area contributed by atoms with Crippen molar-refractivity contribution in [2.24, 2.45) is 5.41 Å². The Morgan fingerprint density at radius 3 is 2.49 bits per heavy atom. The zero-order valence-electron chi connectivity index (χ0n) is 20.3. The van der Waals surface area contributed by atoms with E-state index in [1.54, 1.807) is 37.3 Å². The van der Waals surface area contributed by atoms with Gasteiger partial charge in [-0.15, -0.1) is 0 Å². The average molecular weight is 497 g/mol. The van der Waals surface area contributed by atoms with E-state index in [1.807, 2.05) is 35.2 Å². The number of fused-ring (bicyclic) bond motifs is 3. The fourth-order valence-electron chi connectivity index (χ4n) is 5.42. The standard InChI is InChI=1S/C29H24N2O6/c1-3-35-28(34)29(17-30)24-15-12-19-7-4-5-8-22(19)31(24)26(25(29)23-9-6-16-36-23)27(33)20-10-13-21(14-11-20)37-18(2)32/h4-16,24-26H,3H2,1-2H3/t24-,25+,26+,29-/m0/s1. The first-order chi connectivity index (χ1) is 17.9. The highest BCUT2D eigenvalue weighted by molar-refractivity contribution is 6.06. The number of carbonyl (C=O) groups is 3. The molecule has 8 heteroatoms. The molecule has 0 N–H and O–H groups in total. The Morgan fingerprint density at radius 1 is 1.08 bits per heavy atom. The highest BCUT2D eigenvalue weighted by Crippen LogP contribution is 2.56. The summed E-state index contributed by atoms with van der Waals surface area (Å²) in [5, 5.41) is 10.6. The molecule has 4 atom stereocenters. The highest BCUT2D eigenvalue weighted by Gasteiger charge is 2.68. The molecule has 2 aromatic carbocycles. The molecule has 186 valence electrons. The number of nitrogens with zero attached hydrogens (tertiary/aromatic N) is 2. The van der Waals surface area contributed by atoms with E-state index in [4.69, 9.17) is 13.9 Å². The van der Waals surface area contributed by atoms with Crippen LogP contribution in [0.3, 0.4) is 0 Å². The van der Waals surface area contributed by atoms with Crippen LogP contribution in [-0.4, -0.2) is 36.4 Å². The topological polar surface area (TPSA) is 110 Å². The maximum Gasteiger partial charge on any atom is 0.329 e. The van der Waals surface area contributed by atoms with Crippen LogP contribution >= 0.6 is 0 Å². The quantitative estimate of drug-likeness (QED) is 0.278. The predicted octanol–water partition coefficient (Wildman–Crippen LogP) is 4.53. The van der Waals surface area contributed by atoms with Gasteiger partial charge in [0.1, 0.15) is 17.6 Å². The fourth-order valence-corrected chi connectivity index (χ4v) is 5.42. The third-order valence-electron chi connectivity index (χ3n) is 6.86. The first-order valence-corrected chi connectivity index (χ1v) is 11.9. The first-order valence-electron chi connectivity index (χ1n) is 11.9. The van der Waals surface area contributed by atoms with E-state index in [2.05, 4.69) is 6.07 Å². The lowest BCUT2D eigenvalue weighted by atomic mass is 9.70. The van der Waals surface area contributed by atoms with Crippen molar-refractivity contribution in [2.75, 3.05) is 11.5 Å². The van der Waals surface area contributed by atoms with E-state index in [1.165, 1.54) is 25.3 Å². The molecule has 8 nitrogen and oxygen atoms in total. The lowest BCUT2D eigenvalue weighted by Crippen LogP contribution is -2.47. The van der Waals surface area contributed by atoms with Crippen LogP contribution < -0.4 is 9.64 Å². The molecule has 0 aliphatic carbocycles. The summed E-state index contributed by atoms with van der Waals surface area (Å²) in [5.74, 6) is -1.82. The molecular weight excluding hydrogens is 472 g/mol. The second kappa shape index (κ2) is 9.43. The predicted molar refractivity (Wildman–Crippen MR) is 134 cm³/mol. The molecular formula is C29H24N2O6. The summed E-state index contributed by atoms with van der Waals surface area (Å²) in [7, 11) is 0. The van der Waals surface area contributed by atoms with Crippen LogP contribution in [0, 0.1) is 16.7 Å². The number of nitriles is 1. The first kappa shape index (κ1) is 24.1. The Labute approximate surface area is 213 Å². The Kier molecular flexibility index (Phi) is 6.14. The molecule has 0 amide bonds. The number of carbonyl (C=O) groups excluding carboxylic acids is 3. The zero-order chi connectivity index (χ0) is 26.2. The van der Waals surface area contributed by atoms with Gasteiger partial charge in [0.25, 0.3) is 0 Å². The minimum Gasteiger partial charge on any atom is -0.469 e. The number of Topliss-reactive ketones (excluding diaryl/α,β-unsaturated/α-hetero) is 1. The minimum atomic E-state index is -1.75. The van der Waals surface area contributed by atoms with E-state index in [-0.39, 0.29) is 12.4 Å². The lowest BCUT2D eigenvalue weighted by Gasteiger charge is -2.36. The number of para-hydroxylation sites is 1. The summed E-state index contributed by atoms with van der Waals surface area (Å²) in [6.07, 6.45) is 5.11. The molecule has 1 saturated heterocycles. The third kappa shape index (κ3) is 3.80. The van der Waals surface area contributed by atoms with E-state index in [0.717, 1.165) is 11.3 Å². The Morgan fingerprint density at radius 2 is 1.84 bits per heavy atom. The molecule has 5 rings (SSSR count). The maximum absolute atomic E-state index is 14.3. The number of ketones is 1. The minimum absolute atomic E-state index is 0.0797. The smallest absolute Gasteiger partial charge is 0.329 e. The van der Waals surface area contributed by atoms with Gasteiger partial charge in [0.2, 0.25) is 0 Å². The molecule has 0 unspecified atom stereocenters. The van der Waals surface area contributed by atoms with Crippen molar-refractivity contribution in [2.45, 2.75) is 31.8 Å². The van der Waals surface area contributed by atoms with Gasteiger partial charge >= 0.3 is 11.9 Å². The van der Waals surface area contributed by atoms with Gasteiger partial charge in [0, 0.05) is 18.2 Å². The Hall–Kier alpha value is -4.64. The summed E-state index contributed by atoms with van der Waals surface area (Å²) in [6, 6.07) is 17.6. The molecule has 2 aliphatic rings. The fraction of sp³-hybridized carbons (Fsp3) is 0.241. The van der Waals surface area contributed by atoms with E-state index >= 15 is 0 Å². The van der Waals surface area contributed by atoms with Crippen molar-refractivity contribution in [1.82, 2.24) is 0 Å². The summed E-state index contributed by atoms with van der Waals surface area (Å²) in [6.45, 7) is 3.05. The van der Waals surface area contributed by atoms with Crippen LogP contribution in [0.2, 0.25) is 0 Å². The normalized spacial score (nSPS) is 23.5. The van der Waals surface area contributed by atoms with Gasteiger partial charge in [0.15, 0.2) is 11.2 Å². The molecule has 1 aromatic heterocycles. The van der Waals surface area contributed by atoms with Crippen LogP contribution in [0.1, 0.15) is 41.4 Å². The van der Waals surface area contributed by atoms with Gasteiger partial charge in [0.05, 0.1) is 30.9 Å². The average Bonchev–Trinajstić information content (AvgIpc) is 3.53. The van der Waals surface area contributed by atoms with Crippen molar-refractivity contribution >= 4 is 29.5 Å². The highest BCUT2D eigenvalue weighted by atomic mass is 16.5. The summed E-state index contributed by atoms with van der Waals surface area (Å²) >= 11 is 0.